The van der Waals surface area contributed by atoms with Gasteiger partial charge in [0.15, 0.2) is 0 Å². The second kappa shape index (κ2) is 6.24. The SMILES string of the molecule is COc1ccc(C(O)Cc2nc(C)c(C)s2)c(OC)c1. The van der Waals surface area contributed by atoms with Crippen molar-refractivity contribution in [1.29, 1.82) is 0 Å². The van der Waals surface area contributed by atoms with E-state index in [9.17, 15) is 5.11 Å². The Hall–Kier alpha value is -1.59. The molecule has 1 unspecified atom stereocenters. The van der Waals surface area contributed by atoms with Crippen molar-refractivity contribution < 1.29 is 14.6 Å². The maximum atomic E-state index is 10.4. The van der Waals surface area contributed by atoms with Crippen LogP contribution in [-0.2, 0) is 6.42 Å². The van der Waals surface area contributed by atoms with E-state index in [-0.39, 0.29) is 0 Å². The van der Waals surface area contributed by atoms with Gasteiger partial charge in [-0.1, -0.05) is 0 Å². The Morgan fingerprint density at radius 1 is 1.25 bits per heavy atom. The number of nitrogens with zero attached hydrogens (tertiary/aromatic N) is 1. The van der Waals surface area contributed by atoms with Gasteiger partial charge in [-0.05, 0) is 26.0 Å². The molecule has 1 atom stereocenters. The third-order valence-electron chi connectivity index (χ3n) is 3.24. The summed E-state index contributed by atoms with van der Waals surface area (Å²) < 4.78 is 10.5. The highest BCUT2D eigenvalue weighted by Crippen LogP contribution is 2.32. The molecule has 4 nitrogen and oxygen atoms in total. The summed E-state index contributed by atoms with van der Waals surface area (Å²) in [4.78, 5) is 5.65. The van der Waals surface area contributed by atoms with Crippen LogP contribution < -0.4 is 9.47 Å². The molecule has 1 heterocycles. The van der Waals surface area contributed by atoms with Crippen LogP contribution in [-0.4, -0.2) is 24.3 Å². The van der Waals surface area contributed by atoms with E-state index in [1.807, 2.05) is 26.0 Å². The molecule has 0 bridgehead atoms. The van der Waals surface area contributed by atoms with Gasteiger partial charge in [0.05, 0.1) is 31.0 Å². The van der Waals surface area contributed by atoms with Crippen LogP contribution in [0.3, 0.4) is 0 Å². The number of benzene rings is 1. The van der Waals surface area contributed by atoms with Gasteiger partial charge in [-0.15, -0.1) is 11.3 Å². The lowest BCUT2D eigenvalue weighted by Crippen LogP contribution is -2.04. The third-order valence-corrected chi connectivity index (χ3v) is 4.34. The minimum Gasteiger partial charge on any atom is -0.497 e. The monoisotopic (exact) mass is 293 g/mol. The van der Waals surface area contributed by atoms with E-state index in [1.54, 1.807) is 31.6 Å². The lowest BCUT2D eigenvalue weighted by Gasteiger charge is -2.14. The van der Waals surface area contributed by atoms with Crippen molar-refractivity contribution in [3.8, 4) is 11.5 Å². The number of hydrogen-bond donors (Lipinski definition) is 1. The quantitative estimate of drug-likeness (QED) is 0.920. The second-order valence-electron chi connectivity index (χ2n) is 4.58. The highest BCUT2D eigenvalue weighted by atomic mass is 32.1. The standard InChI is InChI=1S/C15H19NO3S/c1-9-10(2)20-15(16-9)8-13(17)12-6-5-11(18-3)7-14(12)19-4/h5-7,13,17H,8H2,1-4H3. The Kier molecular flexibility index (Phi) is 4.62. The summed E-state index contributed by atoms with van der Waals surface area (Å²) in [6.07, 6.45) is -0.150. The molecule has 0 radical (unpaired) electrons. The van der Waals surface area contributed by atoms with E-state index in [4.69, 9.17) is 9.47 Å². The van der Waals surface area contributed by atoms with Gasteiger partial charge >= 0.3 is 0 Å². The van der Waals surface area contributed by atoms with E-state index < -0.39 is 6.10 Å². The van der Waals surface area contributed by atoms with E-state index in [0.29, 0.717) is 17.9 Å². The van der Waals surface area contributed by atoms with E-state index in [2.05, 4.69) is 4.98 Å². The van der Waals surface area contributed by atoms with Crippen LogP contribution in [0.2, 0.25) is 0 Å². The lowest BCUT2D eigenvalue weighted by molar-refractivity contribution is 0.173. The molecule has 0 fully saturated rings. The zero-order chi connectivity index (χ0) is 14.7. The Bertz CT molecular complexity index is 575. The highest BCUT2D eigenvalue weighted by molar-refractivity contribution is 7.11. The molecule has 1 aromatic heterocycles. The van der Waals surface area contributed by atoms with Gasteiger partial charge in [-0.2, -0.15) is 0 Å². The summed E-state index contributed by atoms with van der Waals surface area (Å²) in [7, 11) is 3.19. The minimum atomic E-state index is -0.638. The largest absolute Gasteiger partial charge is 0.497 e. The summed E-state index contributed by atoms with van der Waals surface area (Å²) in [6.45, 7) is 4.02. The smallest absolute Gasteiger partial charge is 0.128 e. The van der Waals surface area contributed by atoms with Crippen LogP contribution in [0, 0.1) is 13.8 Å². The summed E-state index contributed by atoms with van der Waals surface area (Å²) in [6, 6.07) is 5.42. The van der Waals surface area contributed by atoms with E-state index >= 15 is 0 Å². The summed E-state index contributed by atoms with van der Waals surface area (Å²) >= 11 is 1.62. The number of hydrogen-bond acceptors (Lipinski definition) is 5. The molecule has 2 rings (SSSR count). The zero-order valence-electron chi connectivity index (χ0n) is 12.1. The number of aromatic nitrogens is 1. The zero-order valence-corrected chi connectivity index (χ0v) is 13.0. The van der Waals surface area contributed by atoms with Crippen molar-refractivity contribution in [2.24, 2.45) is 0 Å². The first kappa shape index (κ1) is 14.8. The predicted octanol–water partition coefficient (Wildman–Crippen LogP) is 3.05. The lowest BCUT2D eigenvalue weighted by atomic mass is 10.1. The number of aliphatic hydroxyl groups is 1. The van der Waals surface area contributed by atoms with Crippen LogP contribution >= 0.6 is 11.3 Å². The molecule has 0 aliphatic rings. The fraction of sp³-hybridized carbons (Fsp3) is 0.400. The van der Waals surface area contributed by atoms with Gasteiger partial charge in [0.25, 0.3) is 0 Å². The molecule has 108 valence electrons. The number of methoxy groups -OCH3 is 2. The minimum absolute atomic E-state index is 0.488. The molecule has 0 aliphatic carbocycles. The average molecular weight is 293 g/mol. The topological polar surface area (TPSA) is 51.6 Å². The highest BCUT2D eigenvalue weighted by Gasteiger charge is 2.17. The fourth-order valence-electron chi connectivity index (χ4n) is 2.00. The van der Waals surface area contributed by atoms with Gasteiger partial charge in [0.2, 0.25) is 0 Å². The van der Waals surface area contributed by atoms with Crippen molar-refractivity contribution in [1.82, 2.24) is 4.98 Å². The van der Waals surface area contributed by atoms with Crippen molar-refractivity contribution in [3.05, 3.63) is 39.3 Å². The summed E-state index contributed by atoms with van der Waals surface area (Å²) in [5.74, 6) is 1.33. The van der Waals surface area contributed by atoms with Crippen LogP contribution in [0.1, 0.15) is 27.2 Å². The second-order valence-corrected chi connectivity index (χ2v) is 5.86. The molecule has 0 saturated carbocycles. The molecule has 1 N–H and O–H groups in total. The first-order valence-electron chi connectivity index (χ1n) is 6.38. The Balaban J connectivity index is 2.22. The van der Waals surface area contributed by atoms with Crippen molar-refractivity contribution >= 4 is 11.3 Å². The van der Waals surface area contributed by atoms with Crippen LogP contribution in [0.4, 0.5) is 0 Å². The molecule has 0 saturated heterocycles. The first-order valence-corrected chi connectivity index (χ1v) is 7.19. The third kappa shape index (κ3) is 3.11. The molecule has 0 amide bonds. The molecule has 0 spiro atoms. The average Bonchev–Trinajstić information content (AvgIpc) is 2.76. The van der Waals surface area contributed by atoms with Gasteiger partial charge < -0.3 is 14.6 Å². The molecular weight excluding hydrogens is 274 g/mol. The maximum absolute atomic E-state index is 10.4. The van der Waals surface area contributed by atoms with E-state index in [1.165, 1.54) is 4.88 Å². The number of thiazole rings is 1. The van der Waals surface area contributed by atoms with Crippen molar-refractivity contribution in [3.63, 3.8) is 0 Å². The van der Waals surface area contributed by atoms with Crippen LogP contribution in [0.5, 0.6) is 11.5 Å². The molecule has 1 aromatic carbocycles. The van der Waals surface area contributed by atoms with E-state index in [0.717, 1.165) is 16.3 Å². The Labute approximate surface area is 123 Å². The van der Waals surface area contributed by atoms with Gasteiger partial charge in [0, 0.05) is 22.9 Å². The summed E-state index contributed by atoms with van der Waals surface area (Å²) in [5, 5.41) is 11.3. The van der Waals surface area contributed by atoms with Crippen LogP contribution in [0.15, 0.2) is 18.2 Å². The Morgan fingerprint density at radius 3 is 2.55 bits per heavy atom. The maximum Gasteiger partial charge on any atom is 0.128 e. The van der Waals surface area contributed by atoms with Gasteiger partial charge in [-0.3, -0.25) is 0 Å². The molecule has 2 aromatic rings. The number of rotatable bonds is 5. The number of aryl methyl sites for hydroxylation is 2. The van der Waals surface area contributed by atoms with Crippen molar-refractivity contribution in [2.45, 2.75) is 26.4 Å². The molecule has 20 heavy (non-hydrogen) atoms. The molecular formula is C15H19NO3S. The Morgan fingerprint density at radius 2 is 2.00 bits per heavy atom. The number of aliphatic hydroxyl groups excluding tert-OH is 1. The first-order chi connectivity index (χ1) is 9.55. The van der Waals surface area contributed by atoms with Gasteiger partial charge in [0.1, 0.15) is 11.5 Å². The molecule has 0 aliphatic heterocycles. The molecule has 5 heteroatoms. The fourth-order valence-corrected chi connectivity index (χ4v) is 2.97. The van der Waals surface area contributed by atoms with Crippen molar-refractivity contribution in [2.75, 3.05) is 14.2 Å². The number of ether oxygens (including phenoxy) is 2. The van der Waals surface area contributed by atoms with Crippen LogP contribution in [0.25, 0.3) is 0 Å². The predicted molar refractivity (Wildman–Crippen MR) is 79.8 cm³/mol. The van der Waals surface area contributed by atoms with Gasteiger partial charge in [-0.25, -0.2) is 4.98 Å². The summed E-state index contributed by atoms with van der Waals surface area (Å²) in [5.41, 5.74) is 1.78. The normalized spacial score (nSPS) is 12.2.